The minimum Gasteiger partial charge on any atom is -0.493 e. The number of carbonyl (C=O) groups is 3. The minimum absolute atomic E-state index is 0.00118. The van der Waals surface area contributed by atoms with Gasteiger partial charge in [0, 0.05) is 32.4 Å². The first-order chi connectivity index (χ1) is 11.9. The largest absolute Gasteiger partial charge is 0.493 e. The van der Waals surface area contributed by atoms with Crippen molar-refractivity contribution in [1.29, 1.82) is 0 Å². The van der Waals surface area contributed by atoms with E-state index in [9.17, 15) is 23.2 Å². The Morgan fingerprint density at radius 3 is 2.52 bits per heavy atom. The van der Waals surface area contributed by atoms with Crippen molar-refractivity contribution in [1.82, 2.24) is 10.2 Å². The number of halogens is 2. The van der Waals surface area contributed by atoms with E-state index < -0.39 is 6.61 Å². The Bertz CT molecular complexity index is 650. The number of likely N-dealkylation sites (tertiary alicyclic amines) is 1. The zero-order valence-electron chi connectivity index (χ0n) is 13.6. The highest BCUT2D eigenvalue weighted by molar-refractivity contribution is 6.02. The van der Waals surface area contributed by atoms with Crippen LogP contribution in [0, 0.1) is 0 Å². The van der Waals surface area contributed by atoms with E-state index in [1.807, 2.05) is 0 Å². The van der Waals surface area contributed by atoms with Gasteiger partial charge in [0.1, 0.15) is 0 Å². The lowest BCUT2D eigenvalue weighted by Crippen LogP contribution is -2.34. The van der Waals surface area contributed by atoms with Crippen molar-refractivity contribution < 1.29 is 32.6 Å². The van der Waals surface area contributed by atoms with Gasteiger partial charge in [0.15, 0.2) is 11.5 Å². The van der Waals surface area contributed by atoms with E-state index in [0.717, 1.165) is 4.90 Å². The van der Waals surface area contributed by atoms with Crippen LogP contribution < -0.4 is 14.8 Å². The summed E-state index contributed by atoms with van der Waals surface area (Å²) in [5, 5.41) is 2.63. The summed E-state index contributed by atoms with van der Waals surface area (Å²) in [6, 6.07) is 4.33. The third-order valence-electron chi connectivity index (χ3n) is 3.65. The molecule has 3 amide bonds. The number of alkyl halides is 2. The number of imide groups is 1. The second-order valence-corrected chi connectivity index (χ2v) is 5.33. The molecule has 9 heteroatoms. The van der Waals surface area contributed by atoms with Gasteiger partial charge in [0.05, 0.1) is 7.11 Å². The first kappa shape index (κ1) is 18.6. The van der Waals surface area contributed by atoms with Gasteiger partial charge in [-0.1, -0.05) is 6.07 Å². The average molecular weight is 356 g/mol. The maximum Gasteiger partial charge on any atom is 0.387 e. The standard InChI is InChI=1S/C16H18F2N2O5/c1-24-12-8-10(2-3-11(12)25-16(17)18)9-19-13(21)6-7-20-14(22)4-5-15(20)23/h2-3,8,16H,4-7,9H2,1H3,(H,19,21). The van der Waals surface area contributed by atoms with Crippen molar-refractivity contribution in [3.63, 3.8) is 0 Å². The Morgan fingerprint density at radius 1 is 1.24 bits per heavy atom. The van der Waals surface area contributed by atoms with Crippen molar-refractivity contribution in [3.05, 3.63) is 23.8 Å². The van der Waals surface area contributed by atoms with E-state index in [2.05, 4.69) is 10.1 Å². The van der Waals surface area contributed by atoms with Crippen LogP contribution in [0.25, 0.3) is 0 Å². The molecule has 0 unspecified atom stereocenters. The molecule has 1 aliphatic rings. The third kappa shape index (κ3) is 5.13. The van der Waals surface area contributed by atoms with Gasteiger partial charge in [0.2, 0.25) is 17.7 Å². The lowest BCUT2D eigenvalue weighted by atomic mass is 10.2. The Balaban J connectivity index is 1.85. The average Bonchev–Trinajstić information content (AvgIpc) is 2.89. The number of ether oxygens (including phenoxy) is 2. The summed E-state index contributed by atoms with van der Waals surface area (Å²) < 4.78 is 33.8. The molecule has 7 nitrogen and oxygen atoms in total. The number of carbonyl (C=O) groups excluding carboxylic acids is 3. The lowest BCUT2D eigenvalue weighted by Gasteiger charge is -2.14. The zero-order valence-corrected chi connectivity index (χ0v) is 13.6. The highest BCUT2D eigenvalue weighted by Gasteiger charge is 2.28. The van der Waals surface area contributed by atoms with Crippen LogP contribution in [0.3, 0.4) is 0 Å². The van der Waals surface area contributed by atoms with Crippen LogP contribution in [-0.4, -0.2) is 42.9 Å². The predicted molar refractivity (Wildman–Crippen MR) is 82.0 cm³/mol. The molecule has 0 atom stereocenters. The van der Waals surface area contributed by atoms with Gasteiger partial charge in [0.25, 0.3) is 0 Å². The smallest absolute Gasteiger partial charge is 0.387 e. The van der Waals surface area contributed by atoms with Gasteiger partial charge in [-0.05, 0) is 17.7 Å². The molecule has 0 aliphatic carbocycles. The summed E-state index contributed by atoms with van der Waals surface area (Å²) in [6.07, 6.45) is 0.377. The van der Waals surface area contributed by atoms with Crippen molar-refractivity contribution in [3.8, 4) is 11.5 Å². The van der Waals surface area contributed by atoms with Crippen molar-refractivity contribution in [2.45, 2.75) is 32.4 Å². The number of nitrogens with one attached hydrogen (secondary N) is 1. The predicted octanol–water partition coefficient (Wildman–Crippen LogP) is 1.45. The van der Waals surface area contributed by atoms with Crippen LogP contribution in [-0.2, 0) is 20.9 Å². The van der Waals surface area contributed by atoms with E-state index in [0.29, 0.717) is 5.56 Å². The molecular formula is C16H18F2N2O5. The molecule has 136 valence electrons. The van der Waals surface area contributed by atoms with E-state index in [4.69, 9.17) is 4.74 Å². The Morgan fingerprint density at radius 2 is 1.92 bits per heavy atom. The fourth-order valence-electron chi connectivity index (χ4n) is 2.39. The van der Waals surface area contributed by atoms with Crippen LogP contribution in [0.1, 0.15) is 24.8 Å². The van der Waals surface area contributed by atoms with Crippen LogP contribution in [0.5, 0.6) is 11.5 Å². The Kier molecular flexibility index (Phi) is 6.26. The molecule has 1 saturated heterocycles. The van der Waals surface area contributed by atoms with Crippen molar-refractivity contribution >= 4 is 17.7 Å². The van der Waals surface area contributed by atoms with E-state index in [-0.39, 0.29) is 61.6 Å². The molecular weight excluding hydrogens is 338 g/mol. The minimum atomic E-state index is -2.96. The molecule has 0 saturated carbocycles. The lowest BCUT2D eigenvalue weighted by molar-refractivity contribution is -0.138. The second kappa shape index (κ2) is 8.41. The summed E-state index contributed by atoms with van der Waals surface area (Å²) in [5.74, 6) is -0.840. The third-order valence-corrected chi connectivity index (χ3v) is 3.65. The SMILES string of the molecule is COc1cc(CNC(=O)CCN2C(=O)CCC2=O)ccc1OC(F)F. The first-order valence-corrected chi connectivity index (χ1v) is 7.62. The van der Waals surface area contributed by atoms with E-state index in [1.54, 1.807) is 0 Å². The number of benzene rings is 1. The molecule has 1 heterocycles. The monoisotopic (exact) mass is 356 g/mol. The Labute approximate surface area is 142 Å². The molecule has 25 heavy (non-hydrogen) atoms. The summed E-state index contributed by atoms with van der Waals surface area (Å²) >= 11 is 0. The number of amides is 3. The van der Waals surface area contributed by atoms with Crippen LogP contribution in [0.4, 0.5) is 8.78 Å². The molecule has 1 aromatic rings. The highest BCUT2D eigenvalue weighted by Crippen LogP contribution is 2.29. The van der Waals surface area contributed by atoms with Crippen LogP contribution in [0.2, 0.25) is 0 Å². The van der Waals surface area contributed by atoms with Crippen LogP contribution >= 0.6 is 0 Å². The second-order valence-electron chi connectivity index (χ2n) is 5.33. The maximum atomic E-state index is 12.3. The molecule has 0 radical (unpaired) electrons. The molecule has 0 aromatic heterocycles. The normalized spacial score (nSPS) is 14.2. The van der Waals surface area contributed by atoms with E-state index in [1.165, 1.54) is 25.3 Å². The van der Waals surface area contributed by atoms with Crippen LogP contribution in [0.15, 0.2) is 18.2 Å². The maximum absolute atomic E-state index is 12.3. The van der Waals surface area contributed by atoms with Crippen molar-refractivity contribution in [2.75, 3.05) is 13.7 Å². The molecule has 1 aromatic carbocycles. The first-order valence-electron chi connectivity index (χ1n) is 7.62. The number of nitrogens with zero attached hydrogens (tertiary/aromatic N) is 1. The number of hydrogen-bond donors (Lipinski definition) is 1. The molecule has 1 fully saturated rings. The number of methoxy groups -OCH3 is 1. The molecule has 0 bridgehead atoms. The number of rotatable bonds is 8. The van der Waals surface area contributed by atoms with E-state index >= 15 is 0 Å². The van der Waals surface area contributed by atoms with Gasteiger partial charge in [-0.25, -0.2) is 0 Å². The van der Waals surface area contributed by atoms with Gasteiger partial charge >= 0.3 is 6.61 Å². The topological polar surface area (TPSA) is 84.9 Å². The molecule has 0 spiro atoms. The molecule has 1 N–H and O–H groups in total. The fourth-order valence-corrected chi connectivity index (χ4v) is 2.39. The summed E-state index contributed by atoms with van der Waals surface area (Å²) in [7, 11) is 1.32. The van der Waals surface area contributed by atoms with Gasteiger partial charge < -0.3 is 14.8 Å². The van der Waals surface area contributed by atoms with Gasteiger partial charge in [-0.2, -0.15) is 8.78 Å². The van der Waals surface area contributed by atoms with Gasteiger partial charge in [-0.3, -0.25) is 19.3 Å². The summed E-state index contributed by atoms with van der Waals surface area (Å²) in [6.45, 7) is -2.77. The zero-order chi connectivity index (χ0) is 18.4. The summed E-state index contributed by atoms with van der Waals surface area (Å²) in [4.78, 5) is 35.8. The quantitative estimate of drug-likeness (QED) is 0.713. The van der Waals surface area contributed by atoms with Gasteiger partial charge in [-0.15, -0.1) is 0 Å². The fraction of sp³-hybridized carbons (Fsp3) is 0.438. The summed E-state index contributed by atoms with van der Waals surface area (Å²) in [5.41, 5.74) is 0.625. The molecule has 1 aliphatic heterocycles. The Hall–Kier alpha value is -2.71. The highest BCUT2D eigenvalue weighted by atomic mass is 19.3. The van der Waals surface area contributed by atoms with Crippen molar-refractivity contribution in [2.24, 2.45) is 0 Å². The molecule has 2 rings (SSSR count). The number of hydrogen-bond acceptors (Lipinski definition) is 5.